The van der Waals surface area contributed by atoms with E-state index in [0.29, 0.717) is 16.5 Å². The van der Waals surface area contributed by atoms with E-state index in [2.05, 4.69) is 0 Å². The minimum Gasteiger partial charge on any atom is -0.497 e. The number of esters is 1. The molecule has 0 atom stereocenters. The van der Waals surface area contributed by atoms with Gasteiger partial charge in [-0.15, -0.1) is 0 Å². The monoisotopic (exact) mass is 472 g/mol. The maximum absolute atomic E-state index is 13.5. The number of hydrogen-bond donors (Lipinski definition) is 0. The molecule has 4 rings (SSSR count). The van der Waals surface area contributed by atoms with E-state index in [9.17, 15) is 29.8 Å². The van der Waals surface area contributed by atoms with Crippen LogP contribution in [0.25, 0.3) is 10.8 Å². The van der Waals surface area contributed by atoms with Crippen molar-refractivity contribution >= 4 is 33.9 Å². The number of fused-ring (bicyclic) bond motifs is 1. The van der Waals surface area contributed by atoms with Gasteiger partial charge in [-0.3, -0.25) is 25.0 Å². The number of nitrogens with zero attached hydrogens (tertiary/aromatic N) is 2. The van der Waals surface area contributed by atoms with Crippen LogP contribution in [0.3, 0.4) is 0 Å². The van der Waals surface area contributed by atoms with Crippen molar-refractivity contribution in [3.63, 3.8) is 0 Å². The minimum absolute atomic E-state index is 0.0440. The molecule has 0 saturated carbocycles. The molecule has 0 amide bonds. The van der Waals surface area contributed by atoms with Crippen LogP contribution >= 0.6 is 0 Å². The van der Waals surface area contributed by atoms with Gasteiger partial charge in [0.25, 0.3) is 11.4 Å². The van der Waals surface area contributed by atoms with Crippen molar-refractivity contribution in [1.29, 1.82) is 0 Å². The van der Waals surface area contributed by atoms with Gasteiger partial charge in [0.05, 0.1) is 28.1 Å². The van der Waals surface area contributed by atoms with Crippen molar-refractivity contribution in [2.45, 2.75) is 0 Å². The van der Waals surface area contributed by atoms with Gasteiger partial charge in [-0.1, -0.05) is 12.1 Å². The van der Waals surface area contributed by atoms with Crippen LogP contribution in [0, 0.1) is 20.2 Å². The average molecular weight is 472 g/mol. The lowest BCUT2D eigenvalue weighted by atomic mass is 9.95. The molecule has 10 heteroatoms. The Morgan fingerprint density at radius 2 is 1.29 bits per heavy atom. The molecule has 0 aliphatic carbocycles. The molecule has 4 aromatic rings. The zero-order chi connectivity index (χ0) is 25.1. The Balaban J connectivity index is 1.80. The zero-order valence-corrected chi connectivity index (χ0v) is 18.2. The van der Waals surface area contributed by atoms with Crippen molar-refractivity contribution < 1.29 is 28.9 Å². The summed E-state index contributed by atoms with van der Waals surface area (Å²) in [6.45, 7) is 0. The molecule has 0 aliphatic heterocycles. The van der Waals surface area contributed by atoms with E-state index in [4.69, 9.17) is 9.47 Å². The zero-order valence-electron chi connectivity index (χ0n) is 18.2. The Bertz CT molecular complexity index is 1480. The Kier molecular flexibility index (Phi) is 6.19. The van der Waals surface area contributed by atoms with Crippen molar-refractivity contribution in [3.05, 3.63) is 116 Å². The Labute approximate surface area is 197 Å². The average Bonchev–Trinajstić information content (AvgIpc) is 2.87. The van der Waals surface area contributed by atoms with E-state index in [1.165, 1.54) is 61.7 Å². The second-order valence-corrected chi connectivity index (χ2v) is 7.35. The molecule has 35 heavy (non-hydrogen) atoms. The molecule has 0 spiro atoms. The number of ketones is 1. The van der Waals surface area contributed by atoms with Crippen molar-refractivity contribution in [2.75, 3.05) is 7.11 Å². The summed E-state index contributed by atoms with van der Waals surface area (Å²) >= 11 is 0. The van der Waals surface area contributed by atoms with Gasteiger partial charge in [0, 0.05) is 35.2 Å². The van der Waals surface area contributed by atoms with E-state index in [-0.39, 0.29) is 33.8 Å². The van der Waals surface area contributed by atoms with Crippen molar-refractivity contribution in [3.8, 4) is 11.5 Å². The van der Waals surface area contributed by atoms with E-state index in [1.54, 1.807) is 24.3 Å². The summed E-state index contributed by atoms with van der Waals surface area (Å²) in [5, 5.41) is 23.0. The quantitative estimate of drug-likeness (QED) is 0.119. The lowest BCUT2D eigenvalue weighted by molar-refractivity contribution is -0.385. The number of non-ortho nitro benzene ring substituents is 2. The van der Waals surface area contributed by atoms with Crippen LogP contribution in [0.1, 0.15) is 26.3 Å². The largest absolute Gasteiger partial charge is 0.497 e. The summed E-state index contributed by atoms with van der Waals surface area (Å²) in [4.78, 5) is 47.0. The van der Waals surface area contributed by atoms with Gasteiger partial charge < -0.3 is 9.47 Å². The van der Waals surface area contributed by atoms with E-state index < -0.39 is 21.6 Å². The molecule has 10 nitrogen and oxygen atoms in total. The number of hydrogen-bond acceptors (Lipinski definition) is 8. The topological polar surface area (TPSA) is 139 Å². The number of nitro benzene ring substituents is 2. The van der Waals surface area contributed by atoms with Crippen molar-refractivity contribution in [1.82, 2.24) is 0 Å². The predicted octanol–water partition coefficient (Wildman–Crippen LogP) is 5.12. The van der Waals surface area contributed by atoms with Gasteiger partial charge in [-0.2, -0.15) is 0 Å². The lowest BCUT2D eigenvalue weighted by Crippen LogP contribution is -2.13. The van der Waals surface area contributed by atoms with Crippen LogP contribution in [0.5, 0.6) is 11.5 Å². The van der Waals surface area contributed by atoms with Crippen LogP contribution in [0.4, 0.5) is 11.4 Å². The Morgan fingerprint density at radius 3 is 1.83 bits per heavy atom. The molecular weight excluding hydrogens is 456 g/mol. The fourth-order valence-corrected chi connectivity index (χ4v) is 3.48. The molecule has 0 aromatic heterocycles. The van der Waals surface area contributed by atoms with Crippen LogP contribution in [-0.2, 0) is 0 Å². The van der Waals surface area contributed by atoms with Crippen LogP contribution in [0.2, 0.25) is 0 Å². The highest BCUT2D eigenvalue weighted by Crippen LogP contribution is 2.33. The second kappa shape index (κ2) is 9.40. The van der Waals surface area contributed by atoms with Gasteiger partial charge in [-0.25, -0.2) is 4.79 Å². The summed E-state index contributed by atoms with van der Waals surface area (Å²) < 4.78 is 10.8. The normalized spacial score (nSPS) is 10.5. The molecule has 4 aromatic carbocycles. The van der Waals surface area contributed by atoms with Crippen LogP contribution < -0.4 is 9.47 Å². The molecule has 0 unspecified atom stereocenters. The van der Waals surface area contributed by atoms with E-state index in [0.717, 1.165) is 0 Å². The third-order valence-electron chi connectivity index (χ3n) is 5.27. The second-order valence-electron chi connectivity index (χ2n) is 7.35. The van der Waals surface area contributed by atoms with Gasteiger partial charge in [-0.05, 0) is 47.9 Å². The summed E-state index contributed by atoms with van der Waals surface area (Å²) in [5.41, 5.74) is -0.0986. The molecule has 174 valence electrons. The highest BCUT2D eigenvalue weighted by Gasteiger charge is 2.22. The summed E-state index contributed by atoms with van der Waals surface area (Å²) in [7, 11) is 1.47. The van der Waals surface area contributed by atoms with E-state index in [1.807, 2.05) is 0 Å². The number of nitro groups is 2. The van der Waals surface area contributed by atoms with Gasteiger partial charge in [0.15, 0.2) is 5.78 Å². The number of methoxy groups -OCH3 is 1. The molecular formula is C25H16N2O8. The Hall–Kier alpha value is -5.12. The predicted molar refractivity (Wildman–Crippen MR) is 125 cm³/mol. The highest BCUT2D eigenvalue weighted by molar-refractivity contribution is 6.19. The first-order valence-electron chi connectivity index (χ1n) is 10.1. The number of rotatable bonds is 7. The molecule has 0 heterocycles. The summed E-state index contributed by atoms with van der Waals surface area (Å²) in [6, 6.07) is 18.1. The molecule has 0 aliphatic rings. The Morgan fingerprint density at radius 1 is 0.743 bits per heavy atom. The van der Waals surface area contributed by atoms with Crippen molar-refractivity contribution in [2.24, 2.45) is 0 Å². The first-order valence-corrected chi connectivity index (χ1v) is 10.1. The molecule has 0 fully saturated rings. The number of ether oxygens (including phenoxy) is 2. The van der Waals surface area contributed by atoms with Crippen LogP contribution in [-0.4, -0.2) is 28.7 Å². The molecule has 0 radical (unpaired) electrons. The first-order chi connectivity index (χ1) is 16.8. The highest BCUT2D eigenvalue weighted by atomic mass is 16.6. The molecule has 0 bridgehead atoms. The summed E-state index contributed by atoms with van der Waals surface area (Å²) in [6.07, 6.45) is 0. The molecule has 0 N–H and O–H groups in total. The fourth-order valence-electron chi connectivity index (χ4n) is 3.48. The van der Waals surface area contributed by atoms with Gasteiger partial charge >= 0.3 is 5.97 Å². The lowest BCUT2D eigenvalue weighted by Gasteiger charge is -2.14. The number of carbonyl (C=O) groups is 2. The smallest absolute Gasteiger partial charge is 0.343 e. The first kappa shape index (κ1) is 23.1. The number of benzene rings is 4. The third-order valence-corrected chi connectivity index (χ3v) is 5.27. The maximum atomic E-state index is 13.5. The third kappa shape index (κ3) is 4.67. The SMILES string of the molecule is COc1ccc2ccc(OC(=O)c3ccc([N+](=O)[O-])cc3)c(C(=O)c3ccc([N+](=O)[O-])cc3)c2c1. The minimum atomic E-state index is -0.820. The standard InChI is InChI=1S/C25H16N2O8/c1-34-20-12-6-15-7-13-22(35-25(29)17-4-10-19(11-5-17)27(32)33)23(21(15)14-20)24(28)16-2-8-18(9-3-16)26(30)31/h2-14H,1H3. The summed E-state index contributed by atoms with van der Waals surface area (Å²) in [5.74, 6) is -0.920. The van der Waals surface area contributed by atoms with Crippen LogP contribution in [0.15, 0.2) is 78.9 Å². The van der Waals surface area contributed by atoms with E-state index >= 15 is 0 Å². The fraction of sp³-hybridized carbons (Fsp3) is 0.0400. The number of carbonyl (C=O) groups excluding carboxylic acids is 2. The van der Waals surface area contributed by atoms with Gasteiger partial charge in [0.2, 0.25) is 0 Å². The maximum Gasteiger partial charge on any atom is 0.343 e. The van der Waals surface area contributed by atoms with Gasteiger partial charge in [0.1, 0.15) is 11.5 Å². The molecule has 0 saturated heterocycles.